The normalized spacial score (nSPS) is 10.5. The highest BCUT2D eigenvalue weighted by Crippen LogP contribution is 2.15. The van der Waals surface area contributed by atoms with Crippen molar-refractivity contribution in [2.75, 3.05) is 0 Å². The van der Waals surface area contributed by atoms with Gasteiger partial charge >= 0.3 is 0 Å². The minimum absolute atomic E-state index is 0.00759. The van der Waals surface area contributed by atoms with E-state index < -0.39 is 0 Å². The molecule has 0 unspecified atom stereocenters. The first-order valence-electron chi connectivity index (χ1n) is 5.47. The molecule has 0 aliphatic carbocycles. The summed E-state index contributed by atoms with van der Waals surface area (Å²) in [5.74, 6) is -0.345. The van der Waals surface area contributed by atoms with Crippen molar-refractivity contribution in [1.82, 2.24) is 0 Å². The molecule has 1 nitrogen and oxygen atoms in total. The number of hydrogen-bond donors (Lipinski definition) is 0. The molecule has 0 fully saturated rings. The van der Waals surface area contributed by atoms with Crippen LogP contribution in [0.25, 0.3) is 0 Å². The monoisotopic (exact) mass is 248 g/mol. The first-order chi connectivity index (χ1) is 8.16. The Labute approximate surface area is 104 Å². The number of carbonyl (C=O) groups is 1. The van der Waals surface area contributed by atoms with Crippen molar-refractivity contribution in [1.29, 1.82) is 0 Å². The summed E-state index contributed by atoms with van der Waals surface area (Å²) >= 11 is 1.62. The predicted octanol–water partition coefficient (Wildman–Crippen LogP) is 4.01. The van der Waals surface area contributed by atoms with Crippen molar-refractivity contribution in [2.45, 2.75) is 19.8 Å². The third kappa shape index (κ3) is 3.01. The molecule has 88 valence electrons. The van der Waals surface area contributed by atoms with Gasteiger partial charge in [-0.15, -0.1) is 0 Å². The lowest BCUT2D eigenvalue weighted by molar-refractivity contribution is 0.0982. The molecule has 1 aromatic carbocycles. The molecule has 0 bridgehead atoms. The van der Waals surface area contributed by atoms with Crippen LogP contribution in [0.4, 0.5) is 4.39 Å². The van der Waals surface area contributed by atoms with Gasteiger partial charge in [-0.3, -0.25) is 4.79 Å². The van der Waals surface area contributed by atoms with Crippen molar-refractivity contribution in [3.8, 4) is 0 Å². The number of Topliss-reactive ketones (excluding diaryl/α,β-unsaturated/α-hetero) is 1. The molecule has 0 aliphatic heterocycles. The highest BCUT2D eigenvalue weighted by atomic mass is 32.1. The fourth-order valence-electron chi connectivity index (χ4n) is 1.72. The maximum Gasteiger partial charge on any atom is 0.163 e. The van der Waals surface area contributed by atoms with Crippen LogP contribution in [0.5, 0.6) is 0 Å². The molecule has 3 heteroatoms. The van der Waals surface area contributed by atoms with Crippen molar-refractivity contribution in [3.05, 3.63) is 57.5 Å². The van der Waals surface area contributed by atoms with Crippen LogP contribution in [0.2, 0.25) is 0 Å². The van der Waals surface area contributed by atoms with Gasteiger partial charge in [-0.2, -0.15) is 11.3 Å². The van der Waals surface area contributed by atoms with Gasteiger partial charge in [0.1, 0.15) is 5.82 Å². The van der Waals surface area contributed by atoms with E-state index in [1.165, 1.54) is 12.1 Å². The van der Waals surface area contributed by atoms with Crippen LogP contribution in [-0.4, -0.2) is 5.78 Å². The standard InChI is InChI=1S/C14H13FOS/c1-10-2-4-12(15)8-13(10)14(16)5-3-11-6-7-17-9-11/h2,4,6-9H,3,5H2,1H3. The lowest BCUT2D eigenvalue weighted by Gasteiger charge is -2.04. The molecule has 0 amide bonds. The Morgan fingerprint density at radius 1 is 1.35 bits per heavy atom. The van der Waals surface area contributed by atoms with E-state index in [0.29, 0.717) is 12.0 Å². The van der Waals surface area contributed by atoms with Crippen molar-refractivity contribution < 1.29 is 9.18 Å². The second kappa shape index (κ2) is 5.23. The highest BCUT2D eigenvalue weighted by molar-refractivity contribution is 7.07. The van der Waals surface area contributed by atoms with Gasteiger partial charge in [0.05, 0.1) is 0 Å². The zero-order chi connectivity index (χ0) is 12.3. The summed E-state index contributed by atoms with van der Waals surface area (Å²) in [7, 11) is 0. The van der Waals surface area contributed by atoms with Crippen LogP contribution in [0.3, 0.4) is 0 Å². The summed E-state index contributed by atoms with van der Waals surface area (Å²) in [6.45, 7) is 1.83. The fourth-order valence-corrected chi connectivity index (χ4v) is 2.43. The molecule has 0 aliphatic rings. The molecule has 1 heterocycles. The predicted molar refractivity (Wildman–Crippen MR) is 68.1 cm³/mol. The fraction of sp³-hybridized carbons (Fsp3) is 0.214. The van der Waals surface area contributed by atoms with E-state index in [1.807, 2.05) is 23.8 Å². The van der Waals surface area contributed by atoms with Gasteiger partial charge < -0.3 is 0 Å². The Bertz CT molecular complexity index is 517. The molecule has 2 aromatic rings. The van der Waals surface area contributed by atoms with Crippen molar-refractivity contribution >= 4 is 17.1 Å². The second-order valence-corrected chi connectivity index (χ2v) is 4.79. The van der Waals surface area contributed by atoms with E-state index in [2.05, 4.69) is 0 Å². The van der Waals surface area contributed by atoms with Crippen LogP contribution in [-0.2, 0) is 6.42 Å². The smallest absolute Gasteiger partial charge is 0.163 e. The Morgan fingerprint density at radius 2 is 2.18 bits per heavy atom. The molecule has 0 saturated carbocycles. The van der Waals surface area contributed by atoms with Crippen LogP contribution in [0, 0.1) is 12.7 Å². The van der Waals surface area contributed by atoms with Crippen LogP contribution < -0.4 is 0 Å². The van der Waals surface area contributed by atoms with Crippen LogP contribution in [0.15, 0.2) is 35.0 Å². The largest absolute Gasteiger partial charge is 0.294 e. The number of thiophene rings is 1. The minimum atomic E-state index is -0.352. The van der Waals surface area contributed by atoms with Crippen LogP contribution >= 0.6 is 11.3 Å². The number of halogens is 1. The molecule has 0 spiro atoms. The summed E-state index contributed by atoms with van der Waals surface area (Å²) in [5, 5.41) is 4.03. The minimum Gasteiger partial charge on any atom is -0.294 e. The quantitative estimate of drug-likeness (QED) is 0.747. The average Bonchev–Trinajstić information content (AvgIpc) is 2.82. The van der Waals surface area contributed by atoms with Gasteiger partial charge in [0.25, 0.3) is 0 Å². The maximum absolute atomic E-state index is 13.1. The Hall–Kier alpha value is -1.48. The summed E-state index contributed by atoms with van der Waals surface area (Å²) in [5.41, 5.74) is 2.50. The van der Waals surface area contributed by atoms with E-state index in [-0.39, 0.29) is 11.6 Å². The number of carbonyl (C=O) groups excluding carboxylic acids is 1. The number of benzene rings is 1. The van der Waals surface area contributed by atoms with Crippen LogP contribution in [0.1, 0.15) is 27.9 Å². The average molecular weight is 248 g/mol. The summed E-state index contributed by atoms with van der Waals surface area (Å²) in [6, 6.07) is 6.36. The molecular weight excluding hydrogens is 235 g/mol. The van der Waals surface area contributed by atoms with E-state index in [4.69, 9.17) is 0 Å². The lowest BCUT2D eigenvalue weighted by atomic mass is 10.00. The Kier molecular flexibility index (Phi) is 3.69. The molecule has 0 saturated heterocycles. The Morgan fingerprint density at radius 3 is 2.88 bits per heavy atom. The molecule has 2 rings (SSSR count). The number of hydrogen-bond acceptors (Lipinski definition) is 2. The highest BCUT2D eigenvalue weighted by Gasteiger charge is 2.10. The molecule has 0 atom stereocenters. The maximum atomic E-state index is 13.1. The zero-order valence-corrected chi connectivity index (χ0v) is 10.4. The molecule has 17 heavy (non-hydrogen) atoms. The van der Waals surface area contributed by atoms with E-state index in [0.717, 1.165) is 17.5 Å². The van der Waals surface area contributed by atoms with Gasteiger partial charge in [-0.1, -0.05) is 6.07 Å². The van der Waals surface area contributed by atoms with Crippen molar-refractivity contribution in [3.63, 3.8) is 0 Å². The van der Waals surface area contributed by atoms with Gasteiger partial charge in [-0.25, -0.2) is 4.39 Å². The topological polar surface area (TPSA) is 17.1 Å². The second-order valence-electron chi connectivity index (χ2n) is 4.01. The molecule has 0 N–H and O–H groups in total. The summed E-state index contributed by atoms with van der Waals surface area (Å²) < 4.78 is 13.1. The van der Waals surface area contributed by atoms with Gasteiger partial charge in [0, 0.05) is 12.0 Å². The van der Waals surface area contributed by atoms with E-state index in [1.54, 1.807) is 17.4 Å². The molecule has 1 aromatic heterocycles. The molecular formula is C14H13FOS. The first kappa shape index (κ1) is 12.0. The SMILES string of the molecule is Cc1ccc(F)cc1C(=O)CCc1ccsc1. The summed E-state index contributed by atoms with van der Waals surface area (Å²) in [6.07, 6.45) is 1.15. The van der Waals surface area contributed by atoms with E-state index in [9.17, 15) is 9.18 Å². The summed E-state index contributed by atoms with van der Waals surface area (Å²) in [4.78, 5) is 11.9. The third-order valence-electron chi connectivity index (χ3n) is 2.72. The van der Waals surface area contributed by atoms with Gasteiger partial charge in [0.15, 0.2) is 5.78 Å². The zero-order valence-electron chi connectivity index (χ0n) is 9.57. The molecule has 0 radical (unpaired) electrons. The van der Waals surface area contributed by atoms with E-state index >= 15 is 0 Å². The van der Waals surface area contributed by atoms with Gasteiger partial charge in [0.2, 0.25) is 0 Å². The number of aryl methyl sites for hydroxylation is 2. The number of ketones is 1. The van der Waals surface area contributed by atoms with Crippen molar-refractivity contribution in [2.24, 2.45) is 0 Å². The number of rotatable bonds is 4. The first-order valence-corrected chi connectivity index (χ1v) is 6.41. The Balaban J connectivity index is 2.07. The van der Waals surface area contributed by atoms with Gasteiger partial charge in [-0.05, 0) is 53.4 Å². The lowest BCUT2D eigenvalue weighted by Crippen LogP contribution is -2.03. The third-order valence-corrected chi connectivity index (χ3v) is 3.45.